The number of hydrogen-bond acceptors (Lipinski definition) is 2. The maximum atomic E-state index is 12.3. The van der Waals surface area contributed by atoms with Crippen molar-refractivity contribution in [3.63, 3.8) is 0 Å². The van der Waals surface area contributed by atoms with Crippen molar-refractivity contribution in [3.05, 3.63) is 76.1 Å². The van der Waals surface area contributed by atoms with Gasteiger partial charge < -0.3 is 9.30 Å². The lowest BCUT2D eigenvalue weighted by Crippen LogP contribution is -2.23. The molecule has 0 saturated heterocycles. The number of rotatable bonds is 4. The first-order valence-corrected chi connectivity index (χ1v) is 7.44. The predicted octanol–water partition coefficient (Wildman–Crippen LogP) is 3.70. The summed E-state index contributed by atoms with van der Waals surface area (Å²) in [5, 5.41) is 1.11. The van der Waals surface area contributed by atoms with Crippen molar-refractivity contribution in [3.8, 4) is 5.75 Å². The van der Waals surface area contributed by atoms with Crippen LogP contribution in [0.1, 0.15) is 11.1 Å². The van der Waals surface area contributed by atoms with Crippen LogP contribution in [0.5, 0.6) is 5.75 Å². The molecule has 3 rings (SSSR count). The Balaban J connectivity index is 1.84. The molecule has 0 atom stereocenters. The van der Waals surface area contributed by atoms with Gasteiger partial charge in [-0.25, -0.2) is 0 Å². The molecule has 0 fully saturated rings. The van der Waals surface area contributed by atoms with Crippen molar-refractivity contribution in [2.45, 2.75) is 20.4 Å². The molecule has 3 aromatic rings. The molecule has 0 saturated carbocycles. The zero-order valence-corrected chi connectivity index (χ0v) is 12.9. The fourth-order valence-electron chi connectivity index (χ4n) is 2.69. The van der Waals surface area contributed by atoms with Crippen LogP contribution in [-0.4, -0.2) is 11.2 Å². The van der Waals surface area contributed by atoms with Gasteiger partial charge in [-0.15, -0.1) is 0 Å². The highest BCUT2D eigenvalue weighted by atomic mass is 16.5. The smallest absolute Gasteiger partial charge is 0.251 e. The molecular formula is C19H19NO2. The van der Waals surface area contributed by atoms with E-state index in [1.807, 2.05) is 62.4 Å². The van der Waals surface area contributed by atoms with Crippen molar-refractivity contribution >= 4 is 10.9 Å². The lowest BCUT2D eigenvalue weighted by molar-refractivity contribution is 0.298. The fourth-order valence-corrected chi connectivity index (χ4v) is 2.69. The Morgan fingerprint density at radius 2 is 1.82 bits per heavy atom. The number of ether oxygens (including phenoxy) is 1. The molecule has 2 aromatic carbocycles. The van der Waals surface area contributed by atoms with Gasteiger partial charge in [-0.1, -0.05) is 30.3 Å². The minimum absolute atomic E-state index is 0.0176. The number of hydrogen-bond donors (Lipinski definition) is 0. The quantitative estimate of drug-likeness (QED) is 0.734. The van der Waals surface area contributed by atoms with Crippen LogP contribution in [0.15, 0.2) is 59.4 Å². The second-order valence-electron chi connectivity index (χ2n) is 5.50. The van der Waals surface area contributed by atoms with E-state index in [2.05, 4.69) is 0 Å². The summed E-state index contributed by atoms with van der Waals surface area (Å²) in [6.45, 7) is 5.01. The van der Waals surface area contributed by atoms with E-state index in [0.717, 1.165) is 27.8 Å². The molecule has 0 radical (unpaired) electrons. The predicted molar refractivity (Wildman–Crippen MR) is 89.6 cm³/mol. The summed E-state index contributed by atoms with van der Waals surface area (Å²) >= 11 is 0. The van der Waals surface area contributed by atoms with E-state index in [9.17, 15) is 4.79 Å². The monoisotopic (exact) mass is 293 g/mol. The van der Waals surface area contributed by atoms with Crippen LogP contribution in [0.3, 0.4) is 0 Å². The molecule has 22 heavy (non-hydrogen) atoms. The summed E-state index contributed by atoms with van der Waals surface area (Å²) in [6, 6.07) is 17.6. The Kier molecular flexibility index (Phi) is 3.96. The third kappa shape index (κ3) is 2.89. The van der Waals surface area contributed by atoms with Gasteiger partial charge in [0, 0.05) is 11.5 Å². The van der Waals surface area contributed by atoms with Gasteiger partial charge in [0.2, 0.25) is 0 Å². The Morgan fingerprint density at radius 1 is 1.00 bits per heavy atom. The number of nitrogens with zero attached hydrogens (tertiary/aromatic N) is 1. The Bertz CT molecular complexity index is 865. The molecule has 0 bridgehead atoms. The molecule has 3 nitrogen and oxygen atoms in total. The van der Waals surface area contributed by atoms with Gasteiger partial charge >= 0.3 is 0 Å². The second-order valence-corrected chi connectivity index (χ2v) is 5.50. The number of aryl methyl sites for hydroxylation is 2. The molecule has 3 heteroatoms. The highest BCUT2D eigenvalue weighted by Crippen LogP contribution is 2.16. The molecule has 0 amide bonds. The van der Waals surface area contributed by atoms with Gasteiger partial charge in [-0.2, -0.15) is 0 Å². The van der Waals surface area contributed by atoms with Crippen LogP contribution in [0.2, 0.25) is 0 Å². The van der Waals surface area contributed by atoms with Crippen LogP contribution >= 0.6 is 0 Å². The summed E-state index contributed by atoms with van der Waals surface area (Å²) in [4.78, 5) is 12.3. The molecule has 112 valence electrons. The first kappa shape index (κ1) is 14.4. The van der Waals surface area contributed by atoms with Crippen LogP contribution in [0, 0.1) is 13.8 Å². The summed E-state index contributed by atoms with van der Waals surface area (Å²) in [5.41, 5.74) is 3.15. The average molecular weight is 293 g/mol. The largest absolute Gasteiger partial charge is 0.492 e. The van der Waals surface area contributed by atoms with Gasteiger partial charge in [-0.3, -0.25) is 4.79 Å². The van der Waals surface area contributed by atoms with Crippen LogP contribution in [0.25, 0.3) is 10.9 Å². The standard InChI is InChI=1S/C19H19NO2/c1-14-6-5-7-16(12-14)22-11-10-20-18-9-4-3-8-17(18)15(2)13-19(20)21/h3-9,12-13H,10-11H2,1-2H3. The van der Waals surface area contributed by atoms with Crippen LogP contribution in [0.4, 0.5) is 0 Å². The van der Waals surface area contributed by atoms with E-state index in [0.29, 0.717) is 13.2 Å². The Labute approximate surface area is 129 Å². The molecule has 0 spiro atoms. The van der Waals surface area contributed by atoms with E-state index < -0.39 is 0 Å². The minimum atomic E-state index is 0.0176. The summed E-state index contributed by atoms with van der Waals surface area (Å²) in [6.07, 6.45) is 0. The second kappa shape index (κ2) is 6.06. The lowest BCUT2D eigenvalue weighted by atomic mass is 10.1. The first-order valence-electron chi connectivity index (χ1n) is 7.44. The zero-order valence-electron chi connectivity index (χ0n) is 12.9. The van der Waals surface area contributed by atoms with Gasteiger partial charge in [0.05, 0.1) is 12.1 Å². The summed E-state index contributed by atoms with van der Waals surface area (Å²) in [5.74, 6) is 0.837. The normalized spacial score (nSPS) is 10.8. The van der Waals surface area contributed by atoms with Crippen molar-refractivity contribution < 1.29 is 4.74 Å². The SMILES string of the molecule is Cc1cccc(OCCn2c(=O)cc(C)c3ccccc32)c1. The maximum absolute atomic E-state index is 12.3. The third-order valence-electron chi connectivity index (χ3n) is 3.80. The van der Waals surface area contributed by atoms with Crippen molar-refractivity contribution in [2.24, 2.45) is 0 Å². The number of para-hydroxylation sites is 1. The average Bonchev–Trinajstić information content (AvgIpc) is 2.51. The topological polar surface area (TPSA) is 31.2 Å². The number of benzene rings is 2. The summed E-state index contributed by atoms with van der Waals surface area (Å²) < 4.78 is 7.54. The summed E-state index contributed by atoms with van der Waals surface area (Å²) in [7, 11) is 0. The van der Waals surface area contributed by atoms with Crippen molar-refractivity contribution in [2.75, 3.05) is 6.61 Å². The molecule has 1 heterocycles. The van der Waals surface area contributed by atoms with Gasteiger partial charge in [0.25, 0.3) is 5.56 Å². The Morgan fingerprint density at radius 3 is 2.64 bits per heavy atom. The molecule has 0 aliphatic rings. The Hall–Kier alpha value is -2.55. The van der Waals surface area contributed by atoms with E-state index >= 15 is 0 Å². The molecule has 0 unspecified atom stereocenters. The maximum Gasteiger partial charge on any atom is 0.251 e. The van der Waals surface area contributed by atoms with E-state index in [4.69, 9.17) is 4.74 Å². The van der Waals surface area contributed by atoms with E-state index in [-0.39, 0.29) is 5.56 Å². The minimum Gasteiger partial charge on any atom is -0.492 e. The van der Waals surface area contributed by atoms with Gasteiger partial charge in [-0.05, 0) is 43.2 Å². The van der Waals surface area contributed by atoms with Crippen LogP contribution < -0.4 is 10.3 Å². The third-order valence-corrected chi connectivity index (χ3v) is 3.80. The van der Waals surface area contributed by atoms with Gasteiger partial charge in [0.15, 0.2) is 0 Å². The van der Waals surface area contributed by atoms with Crippen LogP contribution in [-0.2, 0) is 6.54 Å². The molecule has 1 aromatic heterocycles. The molecule has 0 N–H and O–H groups in total. The number of pyridine rings is 1. The van der Waals surface area contributed by atoms with E-state index in [1.165, 1.54) is 0 Å². The molecule has 0 aliphatic carbocycles. The molecular weight excluding hydrogens is 274 g/mol. The number of aromatic nitrogens is 1. The fraction of sp³-hybridized carbons (Fsp3) is 0.211. The van der Waals surface area contributed by atoms with Crippen molar-refractivity contribution in [1.82, 2.24) is 4.57 Å². The highest BCUT2D eigenvalue weighted by molar-refractivity contribution is 5.82. The lowest BCUT2D eigenvalue weighted by Gasteiger charge is -2.13. The van der Waals surface area contributed by atoms with Crippen molar-refractivity contribution in [1.29, 1.82) is 0 Å². The molecule has 0 aliphatic heterocycles. The highest BCUT2D eigenvalue weighted by Gasteiger charge is 2.06. The number of fused-ring (bicyclic) bond motifs is 1. The zero-order chi connectivity index (χ0) is 15.5. The first-order chi connectivity index (χ1) is 10.6. The van der Waals surface area contributed by atoms with E-state index in [1.54, 1.807) is 10.6 Å². The van der Waals surface area contributed by atoms with Gasteiger partial charge in [0.1, 0.15) is 12.4 Å².